The summed E-state index contributed by atoms with van der Waals surface area (Å²) in [5.41, 5.74) is 4.93. The highest BCUT2D eigenvalue weighted by Gasteiger charge is 2.37. The topological polar surface area (TPSA) is 60.6 Å². The number of hydrogen-bond donors (Lipinski definition) is 1. The number of rotatable bonds is 5. The van der Waals surface area contributed by atoms with Gasteiger partial charge in [0, 0.05) is 36.8 Å². The molecular formula is C17H22FN3O2S. The summed E-state index contributed by atoms with van der Waals surface area (Å²) in [7, 11) is 3.15. The van der Waals surface area contributed by atoms with Crippen LogP contribution in [0.4, 0.5) is 9.52 Å². The molecule has 0 radical (unpaired) electrons. The van der Waals surface area contributed by atoms with Crippen molar-refractivity contribution in [3.8, 4) is 11.5 Å². The zero-order valence-corrected chi connectivity index (χ0v) is 14.7. The number of piperidine rings is 1. The maximum absolute atomic E-state index is 15.5. The number of ether oxygens (including phenoxy) is 2. The molecule has 0 saturated carbocycles. The number of thiazole rings is 1. The summed E-state index contributed by atoms with van der Waals surface area (Å²) in [6, 6.07) is 5.29. The lowest BCUT2D eigenvalue weighted by Crippen LogP contribution is -2.39. The number of alkyl halides is 1. The Balaban J connectivity index is 1.70. The van der Waals surface area contributed by atoms with Crippen molar-refractivity contribution in [3.05, 3.63) is 34.8 Å². The van der Waals surface area contributed by atoms with E-state index in [9.17, 15) is 0 Å². The van der Waals surface area contributed by atoms with Gasteiger partial charge in [-0.15, -0.1) is 11.3 Å². The van der Waals surface area contributed by atoms with Crippen molar-refractivity contribution in [2.45, 2.75) is 25.1 Å². The predicted octanol–water partition coefficient (Wildman–Crippen LogP) is 3.20. The molecule has 1 fully saturated rings. The van der Waals surface area contributed by atoms with Crippen LogP contribution in [0, 0.1) is 0 Å². The van der Waals surface area contributed by atoms with Crippen molar-refractivity contribution in [1.29, 1.82) is 0 Å². The van der Waals surface area contributed by atoms with E-state index in [2.05, 4.69) is 9.88 Å². The van der Waals surface area contributed by atoms with Crippen LogP contribution in [0.15, 0.2) is 24.4 Å². The highest BCUT2D eigenvalue weighted by Crippen LogP contribution is 2.40. The van der Waals surface area contributed by atoms with E-state index in [4.69, 9.17) is 15.2 Å². The first-order valence-corrected chi connectivity index (χ1v) is 8.69. The van der Waals surface area contributed by atoms with E-state index in [-0.39, 0.29) is 0 Å². The molecule has 2 aromatic rings. The fourth-order valence-corrected chi connectivity index (χ4v) is 3.76. The average molecular weight is 351 g/mol. The van der Waals surface area contributed by atoms with Gasteiger partial charge < -0.3 is 15.2 Å². The lowest BCUT2D eigenvalue weighted by atomic mass is 9.86. The highest BCUT2D eigenvalue weighted by atomic mass is 32.1. The Morgan fingerprint density at radius 1 is 1.21 bits per heavy atom. The molecule has 7 heteroatoms. The number of nitrogens with two attached hydrogens (primary N) is 1. The third kappa shape index (κ3) is 3.62. The number of methoxy groups -OCH3 is 2. The Morgan fingerprint density at radius 3 is 2.33 bits per heavy atom. The minimum atomic E-state index is -1.36. The van der Waals surface area contributed by atoms with Gasteiger partial charge in [0.25, 0.3) is 0 Å². The molecule has 2 heterocycles. The largest absolute Gasteiger partial charge is 0.497 e. The molecule has 0 unspecified atom stereocenters. The van der Waals surface area contributed by atoms with Gasteiger partial charge in [-0.1, -0.05) is 0 Å². The van der Waals surface area contributed by atoms with Gasteiger partial charge in [-0.05, 0) is 30.5 Å². The van der Waals surface area contributed by atoms with Crippen LogP contribution in [0.2, 0.25) is 0 Å². The predicted molar refractivity (Wildman–Crippen MR) is 93.4 cm³/mol. The molecule has 5 nitrogen and oxygen atoms in total. The van der Waals surface area contributed by atoms with Crippen LogP contribution in [-0.2, 0) is 12.2 Å². The van der Waals surface area contributed by atoms with Crippen molar-refractivity contribution in [2.24, 2.45) is 0 Å². The molecule has 0 aliphatic carbocycles. The number of hydrogen-bond acceptors (Lipinski definition) is 6. The molecule has 24 heavy (non-hydrogen) atoms. The van der Waals surface area contributed by atoms with E-state index in [1.165, 1.54) is 11.3 Å². The minimum absolute atomic E-state index is 0.442. The van der Waals surface area contributed by atoms with Crippen LogP contribution in [0.3, 0.4) is 0 Å². The molecular weight excluding hydrogens is 329 g/mol. The number of benzene rings is 1. The second-order valence-corrected chi connectivity index (χ2v) is 7.15. The second kappa shape index (κ2) is 6.94. The molecule has 1 saturated heterocycles. The van der Waals surface area contributed by atoms with Gasteiger partial charge in [-0.25, -0.2) is 9.37 Å². The zero-order valence-electron chi connectivity index (χ0n) is 13.9. The fourth-order valence-electron chi connectivity index (χ4n) is 3.04. The van der Waals surface area contributed by atoms with Crippen molar-refractivity contribution in [1.82, 2.24) is 9.88 Å². The van der Waals surface area contributed by atoms with Gasteiger partial charge in [0.15, 0.2) is 5.13 Å². The Hall–Kier alpha value is -1.86. The summed E-state index contributed by atoms with van der Waals surface area (Å²) in [5.74, 6) is 1.23. The van der Waals surface area contributed by atoms with Crippen LogP contribution >= 0.6 is 11.3 Å². The standard InChI is InChI=1S/C17H22FN3O2S/c1-22-13-7-12(8-14(9-13)23-2)17(18)3-5-21(6-4-17)11-15-10-20-16(19)24-15/h7-10H,3-6,11H2,1-2H3,(H2,19,20). The van der Waals surface area contributed by atoms with E-state index in [0.717, 1.165) is 11.4 Å². The maximum Gasteiger partial charge on any atom is 0.180 e. The quantitative estimate of drug-likeness (QED) is 0.896. The van der Waals surface area contributed by atoms with E-state index < -0.39 is 5.67 Å². The number of halogens is 1. The smallest absolute Gasteiger partial charge is 0.180 e. The van der Waals surface area contributed by atoms with Crippen LogP contribution < -0.4 is 15.2 Å². The Kier molecular flexibility index (Phi) is 4.91. The van der Waals surface area contributed by atoms with Gasteiger partial charge in [0.05, 0.1) is 14.2 Å². The number of anilines is 1. The SMILES string of the molecule is COc1cc(OC)cc(C2(F)CCN(Cc3cnc(N)s3)CC2)c1. The summed E-state index contributed by atoms with van der Waals surface area (Å²) >= 11 is 1.49. The van der Waals surface area contributed by atoms with Crippen LogP contribution in [0.1, 0.15) is 23.3 Å². The zero-order chi connectivity index (χ0) is 17.2. The highest BCUT2D eigenvalue weighted by molar-refractivity contribution is 7.15. The molecule has 2 N–H and O–H groups in total. The van der Waals surface area contributed by atoms with E-state index in [0.29, 0.717) is 48.1 Å². The number of nitrogens with zero attached hydrogens (tertiary/aromatic N) is 2. The number of nitrogen functional groups attached to an aromatic ring is 1. The summed E-state index contributed by atoms with van der Waals surface area (Å²) in [4.78, 5) is 7.42. The molecule has 1 aliphatic rings. The van der Waals surface area contributed by atoms with E-state index in [1.54, 1.807) is 38.6 Å². The van der Waals surface area contributed by atoms with Crippen LogP contribution in [0.25, 0.3) is 0 Å². The first-order chi connectivity index (χ1) is 11.5. The fraction of sp³-hybridized carbons (Fsp3) is 0.471. The van der Waals surface area contributed by atoms with Crippen LogP contribution in [0.5, 0.6) is 11.5 Å². The monoisotopic (exact) mass is 351 g/mol. The summed E-state index contributed by atoms with van der Waals surface area (Å²) in [6.07, 6.45) is 2.68. The summed E-state index contributed by atoms with van der Waals surface area (Å²) < 4.78 is 26.0. The average Bonchev–Trinajstić information content (AvgIpc) is 3.01. The normalized spacial score (nSPS) is 17.6. The Labute approximate surface area is 145 Å². The van der Waals surface area contributed by atoms with Crippen molar-refractivity contribution in [2.75, 3.05) is 33.0 Å². The third-order valence-corrected chi connectivity index (χ3v) is 5.28. The van der Waals surface area contributed by atoms with Gasteiger partial charge >= 0.3 is 0 Å². The lowest BCUT2D eigenvalue weighted by Gasteiger charge is -2.36. The number of likely N-dealkylation sites (tertiary alicyclic amines) is 1. The Bertz CT molecular complexity index is 677. The van der Waals surface area contributed by atoms with Gasteiger partial charge in [-0.2, -0.15) is 0 Å². The van der Waals surface area contributed by atoms with Gasteiger partial charge in [0.2, 0.25) is 0 Å². The molecule has 1 aromatic heterocycles. The Morgan fingerprint density at radius 2 is 1.83 bits per heavy atom. The number of aromatic nitrogens is 1. The van der Waals surface area contributed by atoms with Crippen molar-refractivity contribution < 1.29 is 13.9 Å². The van der Waals surface area contributed by atoms with Gasteiger partial charge in [-0.3, -0.25) is 4.90 Å². The summed E-state index contributed by atoms with van der Waals surface area (Å²) in [6.45, 7) is 2.15. The van der Waals surface area contributed by atoms with E-state index in [1.807, 2.05) is 0 Å². The molecule has 1 aliphatic heterocycles. The lowest BCUT2D eigenvalue weighted by molar-refractivity contribution is 0.0526. The first-order valence-electron chi connectivity index (χ1n) is 7.87. The van der Waals surface area contributed by atoms with Crippen molar-refractivity contribution in [3.63, 3.8) is 0 Å². The second-order valence-electron chi connectivity index (χ2n) is 6.01. The minimum Gasteiger partial charge on any atom is -0.497 e. The van der Waals surface area contributed by atoms with Gasteiger partial charge in [0.1, 0.15) is 17.2 Å². The molecule has 0 spiro atoms. The van der Waals surface area contributed by atoms with E-state index >= 15 is 4.39 Å². The maximum atomic E-state index is 15.5. The molecule has 0 atom stereocenters. The summed E-state index contributed by atoms with van der Waals surface area (Å²) in [5, 5.41) is 0.574. The molecule has 0 bridgehead atoms. The molecule has 3 rings (SSSR count). The molecule has 130 valence electrons. The first kappa shape index (κ1) is 17.0. The third-order valence-electron chi connectivity index (χ3n) is 4.47. The van der Waals surface area contributed by atoms with Crippen molar-refractivity contribution >= 4 is 16.5 Å². The van der Waals surface area contributed by atoms with Crippen LogP contribution in [-0.4, -0.2) is 37.2 Å². The molecule has 1 aromatic carbocycles. The molecule has 0 amide bonds.